The van der Waals surface area contributed by atoms with E-state index in [0.29, 0.717) is 0 Å². The highest BCUT2D eigenvalue weighted by molar-refractivity contribution is 5.94. The van der Waals surface area contributed by atoms with Crippen LogP contribution in [0.15, 0.2) is 24.3 Å². The van der Waals surface area contributed by atoms with Gasteiger partial charge in [-0.1, -0.05) is 0 Å². The normalized spacial score (nSPS) is 27.7. The molecule has 6 nitrogen and oxygen atoms in total. The van der Waals surface area contributed by atoms with Crippen LogP contribution in [-0.2, 0) is 28.9 Å². The van der Waals surface area contributed by atoms with Crippen molar-refractivity contribution in [2.75, 3.05) is 5.32 Å². The molecule has 2 N–H and O–H groups in total. The Morgan fingerprint density at radius 1 is 1.16 bits per heavy atom. The molecule has 174 valence electrons. The number of carbonyl (C=O) groups is 1. The number of aryl methyl sites for hydroxylation is 2. The highest BCUT2D eigenvalue weighted by atomic mass is 19.4. The average molecular weight is 463 g/mol. The van der Waals surface area contributed by atoms with Crippen molar-refractivity contribution in [1.29, 1.82) is 0 Å². The van der Waals surface area contributed by atoms with Gasteiger partial charge in [0.25, 0.3) is 0 Å². The smallest absolute Gasteiger partial charge is 0.390 e. The standard InChI is InChI=1S/C20H19F6N3O3/c1-8-3-9(19(21,22)23)5-10(4-8)27-18(31)16-13-7-12(30)17(32-13)15(16)11-6-14(20(24,25)26)28-29(11)2/h3-6,12-13,15-17,30H,7H2,1-2H3,(H,27,31). The number of amides is 1. The molecule has 12 heteroatoms. The predicted octanol–water partition coefficient (Wildman–Crippen LogP) is 3.64. The Bertz CT molecular complexity index is 1050. The molecule has 1 aromatic carbocycles. The maximum atomic E-state index is 13.1. The van der Waals surface area contributed by atoms with Gasteiger partial charge < -0.3 is 15.2 Å². The van der Waals surface area contributed by atoms with Crippen LogP contribution in [0.2, 0.25) is 0 Å². The molecule has 0 aliphatic carbocycles. The molecular weight excluding hydrogens is 444 g/mol. The Morgan fingerprint density at radius 3 is 2.44 bits per heavy atom. The molecule has 2 aromatic rings. The quantitative estimate of drug-likeness (QED) is 0.682. The molecule has 1 amide bonds. The molecule has 2 aliphatic heterocycles. The van der Waals surface area contributed by atoms with Crippen molar-refractivity contribution in [3.8, 4) is 0 Å². The van der Waals surface area contributed by atoms with E-state index in [1.54, 1.807) is 0 Å². The maximum absolute atomic E-state index is 13.1. The number of hydrogen-bond donors (Lipinski definition) is 2. The molecule has 2 fully saturated rings. The summed E-state index contributed by atoms with van der Waals surface area (Å²) in [5.74, 6) is -2.68. The maximum Gasteiger partial charge on any atom is 0.435 e. The van der Waals surface area contributed by atoms with E-state index in [2.05, 4.69) is 10.4 Å². The molecular formula is C20H19F6N3O3. The summed E-state index contributed by atoms with van der Waals surface area (Å²) in [4.78, 5) is 13.1. The Morgan fingerprint density at radius 2 is 1.84 bits per heavy atom. The number of carbonyl (C=O) groups excluding carboxylic acids is 1. The Balaban J connectivity index is 1.66. The van der Waals surface area contributed by atoms with Gasteiger partial charge in [0.1, 0.15) is 0 Å². The van der Waals surface area contributed by atoms with Gasteiger partial charge in [0.15, 0.2) is 5.69 Å². The van der Waals surface area contributed by atoms with Crippen LogP contribution in [-0.4, -0.2) is 39.1 Å². The summed E-state index contributed by atoms with van der Waals surface area (Å²) in [7, 11) is 1.29. The van der Waals surface area contributed by atoms with Crippen LogP contribution in [0.25, 0.3) is 0 Å². The number of benzene rings is 1. The van der Waals surface area contributed by atoms with Gasteiger partial charge in [-0.2, -0.15) is 31.4 Å². The van der Waals surface area contributed by atoms with E-state index in [-0.39, 0.29) is 23.4 Å². The molecule has 5 unspecified atom stereocenters. The van der Waals surface area contributed by atoms with Crippen molar-refractivity contribution in [2.45, 2.75) is 49.9 Å². The van der Waals surface area contributed by atoms with Crippen molar-refractivity contribution >= 4 is 11.6 Å². The zero-order valence-corrected chi connectivity index (χ0v) is 16.8. The molecule has 2 saturated heterocycles. The number of hydrogen-bond acceptors (Lipinski definition) is 4. The Hall–Kier alpha value is -2.60. The van der Waals surface area contributed by atoms with Gasteiger partial charge in [-0.25, -0.2) is 0 Å². The van der Waals surface area contributed by atoms with Gasteiger partial charge in [-0.15, -0.1) is 0 Å². The van der Waals surface area contributed by atoms with Crippen LogP contribution in [0.5, 0.6) is 0 Å². The van der Waals surface area contributed by atoms with Crippen LogP contribution in [0.1, 0.15) is 34.9 Å². The van der Waals surface area contributed by atoms with Crippen LogP contribution in [0.4, 0.5) is 32.0 Å². The van der Waals surface area contributed by atoms with E-state index < -0.39 is 59.7 Å². The number of fused-ring (bicyclic) bond motifs is 2. The van der Waals surface area contributed by atoms with Crippen LogP contribution >= 0.6 is 0 Å². The van der Waals surface area contributed by atoms with Crippen molar-refractivity contribution < 1.29 is 41.0 Å². The molecule has 5 atom stereocenters. The number of nitrogens with zero attached hydrogens (tertiary/aromatic N) is 2. The highest BCUT2D eigenvalue weighted by Crippen LogP contribution is 2.50. The van der Waals surface area contributed by atoms with Crippen molar-refractivity contribution in [1.82, 2.24) is 9.78 Å². The molecule has 0 spiro atoms. The number of alkyl halides is 6. The summed E-state index contributed by atoms with van der Waals surface area (Å²) in [5.41, 5.74) is -1.87. The molecule has 0 radical (unpaired) electrons. The zero-order valence-electron chi connectivity index (χ0n) is 16.8. The molecule has 4 rings (SSSR count). The van der Waals surface area contributed by atoms with Crippen LogP contribution < -0.4 is 5.32 Å². The second kappa shape index (κ2) is 7.48. The number of anilines is 1. The first kappa shape index (κ1) is 22.6. The van der Waals surface area contributed by atoms with Crippen LogP contribution in [0.3, 0.4) is 0 Å². The summed E-state index contributed by atoms with van der Waals surface area (Å²) in [6, 6.07) is 3.88. The summed E-state index contributed by atoms with van der Waals surface area (Å²) < 4.78 is 85.4. The fourth-order valence-electron chi connectivity index (χ4n) is 4.57. The van der Waals surface area contributed by atoms with E-state index in [1.165, 1.54) is 20.0 Å². The van der Waals surface area contributed by atoms with E-state index in [4.69, 9.17) is 4.74 Å². The van der Waals surface area contributed by atoms with Gasteiger partial charge in [-0.3, -0.25) is 9.48 Å². The lowest BCUT2D eigenvalue weighted by Crippen LogP contribution is -2.41. The van der Waals surface area contributed by atoms with Crippen LogP contribution in [0, 0.1) is 12.8 Å². The van der Waals surface area contributed by atoms with E-state index in [9.17, 15) is 36.2 Å². The van der Waals surface area contributed by atoms with Crippen molar-refractivity contribution in [2.24, 2.45) is 13.0 Å². The Labute approximate surface area is 178 Å². The van der Waals surface area contributed by atoms with E-state index >= 15 is 0 Å². The van der Waals surface area contributed by atoms with Gasteiger partial charge in [0.05, 0.1) is 29.8 Å². The van der Waals surface area contributed by atoms with Gasteiger partial charge in [0.2, 0.25) is 5.91 Å². The monoisotopic (exact) mass is 463 g/mol. The second-order valence-corrected chi connectivity index (χ2v) is 8.14. The first-order valence-electron chi connectivity index (χ1n) is 9.70. The highest BCUT2D eigenvalue weighted by Gasteiger charge is 2.58. The molecule has 1 aromatic heterocycles. The SMILES string of the molecule is Cc1cc(NC(=O)C2C3CC(O)C(O3)C2c2cc(C(F)(F)F)nn2C)cc(C(F)(F)F)c1. The lowest BCUT2D eigenvalue weighted by atomic mass is 9.75. The molecule has 0 saturated carbocycles. The van der Waals surface area contributed by atoms with Crippen molar-refractivity contribution in [3.63, 3.8) is 0 Å². The van der Waals surface area contributed by atoms with Gasteiger partial charge >= 0.3 is 12.4 Å². The number of aliphatic hydroxyl groups excluding tert-OH is 1. The summed E-state index contributed by atoms with van der Waals surface area (Å²) in [6.07, 6.45) is -12.0. The minimum Gasteiger partial charge on any atom is -0.390 e. The Kier molecular flexibility index (Phi) is 5.28. The first-order valence-corrected chi connectivity index (χ1v) is 9.70. The third-order valence-corrected chi connectivity index (χ3v) is 5.85. The minimum atomic E-state index is -4.71. The summed E-state index contributed by atoms with van der Waals surface area (Å²) in [5, 5.41) is 16.1. The zero-order chi connectivity index (χ0) is 23.6. The van der Waals surface area contributed by atoms with E-state index in [1.807, 2.05) is 0 Å². The number of aliphatic hydroxyl groups is 1. The summed E-state index contributed by atoms with van der Waals surface area (Å²) >= 11 is 0. The molecule has 2 aliphatic rings. The third-order valence-electron chi connectivity index (χ3n) is 5.85. The van der Waals surface area contributed by atoms with Gasteiger partial charge in [0, 0.05) is 30.8 Å². The van der Waals surface area contributed by atoms with Crippen molar-refractivity contribution in [3.05, 3.63) is 46.8 Å². The lowest BCUT2D eigenvalue weighted by Gasteiger charge is -2.30. The molecule has 32 heavy (non-hydrogen) atoms. The first-order chi connectivity index (χ1) is 14.8. The number of rotatable bonds is 3. The molecule has 2 bridgehead atoms. The van der Waals surface area contributed by atoms with Gasteiger partial charge in [-0.05, 0) is 36.8 Å². The lowest BCUT2D eigenvalue weighted by molar-refractivity contribution is -0.141. The number of aromatic nitrogens is 2. The number of halogens is 6. The second-order valence-electron chi connectivity index (χ2n) is 8.14. The predicted molar refractivity (Wildman–Crippen MR) is 98.5 cm³/mol. The number of ether oxygens (including phenoxy) is 1. The fraction of sp³-hybridized carbons (Fsp3) is 0.500. The van der Waals surface area contributed by atoms with E-state index in [0.717, 1.165) is 22.9 Å². The fourth-order valence-corrected chi connectivity index (χ4v) is 4.57. The summed E-state index contributed by atoms with van der Waals surface area (Å²) in [6.45, 7) is 1.44. The topological polar surface area (TPSA) is 76.4 Å². The minimum absolute atomic E-state index is 0.0453. The third kappa shape index (κ3) is 3.96. The average Bonchev–Trinajstić information content (AvgIpc) is 3.31. The molecule has 3 heterocycles. The largest absolute Gasteiger partial charge is 0.435 e. The number of nitrogens with one attached hydrogen (secondary N) is 1.